The minimum atomic E-state index is -0.837. The first-order valence-corrected chi connectivity index (χ1v) is 6.87. The summed E-state index contributed by atoms with van der Waals surface area (Å²) in [6.07, 6.45) is 0. The Hall–Kier alpha value is -2.26. The smallest absolute Gasteiger partial charge is 0.322 e. The number of aromatic amines is 1. The Morgan fingerprint density at radius 1 is 1.43 bits per heavy atom. The Morgan fingerprint density at radius 2 is 2.24 bits per heavy atom. The van der Waals surface area contributed by atoms with E-state index in [0.29, 0.717) is 17.9 Å². The lowest BCUT2D eigenvalue weighted by atomic mass is 10.1. The third-order valence-corrected chi connectivity index (χ3v) is 3.66. The van der Waals surface area contributed by atoms with Crippen LogP contribution in [0.4, 0.5) is 5.69 Å². The molecule has 0 saturated carbocycles. The molecule has 2 heterocycles. The molecular formula is C12H14N6O2S. The van der Waals surface area contributed by atoms with E-state index in [0.717, 1.165) is 17.9 Å². The minimum Gasteiger partial charge on any atom is -0.480 e. The van der Waals surface area contributed by atoms with Crippen molar-refractivity contribution in [2.45, 2.75) is 6.04 Å². The molecule has 3 rings (SSSR count). The van der Waals surface area contributed by atoms with Gasteiger partial charge in [0.25, 0.3) is 0 Å². The van der Waals surface area contributed by atoms with Gasteiger partial charge in [0.15, 0.2) is 0 Å². The van der Waals surface area contributed by atoms with Crippen LogP contribution < -0.4 is 10.2 Å². The SMILES string of the molecule is O=C(O)C1CN(c2cccc(-n3[nH]nnc3=S)c2)CCN1. The highest BCUT2D eigenvalue weighted by Gasteiger charge is 2.25. The molecular weight excluding hydrogens is 292 g/mol. The summed E-state index contributed by atoms with van der Waals surface area (Å²) in [7, 11) is 0. The van der Waals surface area contributed by atoms with Crippen molar-refractivity contribution in [3.05, 3.63) is 29.0 Å². The van der Waals surface area contributed by atoms with E-state index in [4.69, 9.17) is 17.3 Å². The van der Waals surface area contributed by atoms with Gasteiger partial charge in [-0.15, -0.1) is 0 Å². The van der Waals surface area contributed by atoms with E-state index in [9.17, 15) is 4.79 Å². The van der Waals surface area contributed by atoms with Crippen LogP contribution in [0.15, 0.2) is 24.3 Å². The van der Waals surface area contributed by atoms with Gasteiger partial charge < -0.3 is 15.3 Å². The molecule has 110 valence electrons. The second kappa shape index (κ2) is 5.62. The van der Waals surface area contributed by atoms with Crippen LogP contribution in [0.25, 0.3) is 5.69 Å². The second-order valence-electron chi connectivity index (χ2n) is 4.73. The van der Waals surface area contributed by atoms with E-state index >= 15 is 0 Å². The lowest BCUT2D eigenvalue weighted by Crippen LogP contribution is -2.54. The van der Waals surface area contributed by atoms with Crippen LogP contribution in [-0.4, -0.2) is 57.0 Å². The molecule has 0 amide bonds. The standard InChI is InChI=1S/C12H14N6O2S/c19-11(20)10-7-17(5-4-13-10)8-2-1-3-9(6-8)18-12(21)14-15-16-18/h1-3,6,10,13H,4-5,7H2,(H,19,20)(H,14,16,21). The molecule has 0 radical (unpaired) electrons. The molecule has 2 aromatic rings. The number of H-pyrrole nitrogens is 1. The molecule has 1 atom stereocenters. The van der Waals surface area contributed by atoms with Crippen molar-refractivity contribution in [2.75, 3.05) is 24.5 Å². The quantitative estimate of drug-likeness (QED) is 0.696. The predicted octanol–water partition coefficient (Wildman–Crippen LogP) is 0.188. The van der Waals surface area contributed by atoms with Gasteiger partial charge in [0, 0.05) is 25.3 Å². The number of tetrazole rings is 1. The van der Waals surface area contributed by atoms with E-state index in [-0.39, 0.29) is 0 Å². The van der Waals surface area contributed by atoms with Crippen molar-refractivity contribution in [2.24, 2.45) is 0 Å². The van der Waals surface area contributed by atoms with Crippen LogP contribution in [0.5, 0.6) is 0 Å². The van der Waals surface area contributed by atoms with E-state index in [1.165, 1.54) is 0 Å². The third kappa shape index (κ3) is 2.78. The number of nitrogens with zero attached hydrogens (tertiary/aromatic N) is 4. The maximum Gasteiger partial charge on any atom is 0.322 e. The number of piperazine rings is 1. The number of hydrogen-bond acceptors (Lipinski definition) is 6. The molecule has 3 N–H and O–H groups in total. The average Bonchev–Trinajstić information content (AvgIpc) is 2.94. The summed E-state index contributed by atoms with van der Waals surface area (Å²) in [5.74, 6) is -0.837. The first-order chi connectivity index (χ1) is 10.1. The monoisotopic (exact) mass is 306 g/mol. The van der Waals surface area contributed by atoms with Crippen LogP contribution in [0.3, 0.4) is 0 Å². The van der Waals surface area contributed by atoms with Gasteiger partial charge >= 0.3 is 5.97 Å². The first-order valence-electron chi connectivity index (χ1n) is 6.47. The molecule has 1 aliphatic rings. The Balaban J connectivity index is 1.88. The Bertz CT molecular complexity index is 712. The van der Waals surface area contributed by atoms with Crippen molar-refractivity contribution in [1.29, 1.82) is 0 Å². The Kier molecular flexibility index (Phi) is 3.67. The number of aliphatic carboxylic acids is 1. The number of rotatable bonds is 3. The van der Waals surface area contributed by atoms with E-state index < -0.39 is 12.0 Å². The van der Waals surface area contributed by atoms with Gasteiger partial charge in [0.05, 0.1) is 5.69 Å². The molecule has 0 spiro atoms. The summed E-state index contributed by atoms with van der Waals surface area (Å²) in [5, 5.41) is 22.2. The highest BCUT2D eigenvalue weighted by Crippen LogP contribution is 2.19. The van der Waals surface area contributed by atoms with Crippen molar-refractivity contribution in [3.8, 4) is 5.69 Å². The van der Waals surface area contributed by atoms with Gasteiger partial charge in [-0.3, -0.25) is 4.79 Å². The minimum absolute atomic E-state index is 0.343. The van der Waals surface area contributed by atoms with Crippen LogP contribution in [0, 0.1) is 4.77 Å². The molecule has 0 bridgehead atoms. The van der Waals surface area contributed by atoms with Gasteiger partial charge in [-0.2, -0.15) is 5.21 Å². The summed E-state index contributed by atoms with van der Waals surface area (Å²) in [6.45, 7) is 1.80. The van der Waals surface area contributed by atoms with Crippen LogP contribution in [0.1, 0.15) is 0 Å². The Morgan fingerprint density at radius 3 is 2.95 bits per heavy atom. The highest BCUT2D eigenvalue weighted by atomic mass is 32.1. The summed E-state index contributed by atoms with van der Waals surface area (Å²) in [5.41, 5.74) is 1.75. The van der Waals surface area contributed by atoms with Crippen molar-refractivity contribution < 1.29 is 9.90 Å². The van der Waals surface area contributed by atoms with Crippen molar-refractivity contribution in [3.63, 3.8) is 0 Å². The number of anilines is 1. The number of carboxylic acid groups (broad SMARTS) is 1. The summed E-state index contributed by atoms with van der Waals surface area (Å²) in [6, 6.07) is 7.10. The predicted molar refractivity (Wildman–Crippen MR) is 78.2 cm³/mol. The zero-order valence-corrected chi connectivity index (χ0v) is 11.9. The fourth-order valence-electron chi connectivity index (χ4n) is 2.34. The summed E-state index contributed by atoms with van der Waals surface area (Å²) >= 11 is 5.08. The third-order valence-electron chi connectivity index (χ3n) is 3.40. The second-order valence-corrected chi connectivity index (χ2v) is 5.09. The number of carbonyl (C=O) groups is 1. The number of benzene rings is 1. The number of nitrogens with one attached hydrogen (secondary N) is 2. The number of carboxylic acids is 1. The van der Waals surface area contributed by atoms with Gasteiger partial charge in [-0.05, 0) is 30.4 Å². The Labute approximate surface area is 125 Å². The lowest BCUT2D eigenvalue weighted by Gasteiger charge is -2.33. The van der Waals surface area contributed by atoms with Gasteiger partial charge in [0.2, 0.25) is 4.77 Å². The van der Waals surface area contributed by atoms with Gasteiger partial charge in [0.1, 0.15) is 6.04 Å². The van der Waals surface area contributed by atoms with E-state index in [2.05, 4.69) is 20.8 Å². The maximum absolute atomic E-state index is 11.1. The lowest BCUT2D eigenvalue weighted by molar-refractivity contribution is -0.139. The zero-order chi connectivity index (χ0) is 14.8. The van der Waals surface area contributed by atoms with Crippen LogP contribution in [-0.2, 0) is 4.79 Å². The molecule has 9 heteroatoms. The van der Waals surface area contributed by atoms with E-state index in [1.54, 1.807) is 4.68 Å². The topological polar surface area (TPSA) is 99.1 Å². The molecule has 1 saturated heterocycles. The molecule has 1 aromatic carbocycles. The number of aromatic nitrogens is 4. The normalized spacial score (nSPS) is 18.7. The molecule has 1 unspecified atom stereocenters. The highest BCUT2D eigenvalue weighted by molar-refractivity contribution is 7.71. The van der Waals surface area contributed by atoms with Crippen LogP contribution >= 0.6 is 12.2 Å². The van der Waals surface area contributed by atoms with Gasteiger partial charge in [-0.25, -0.2) is 4.68 Å². The average molecular weight is 306 g/mol. The molecule has 1 fully saturated rings. The zero-order valence-electron chi connectivity index (χ0n) is 11.1. The number of hydrogen-bond donors (Lipinski definition) is 3. The molecule has 1 aliphatic heterocycles. The molecule has 21 heavy (non-hydrogen) atoms. The first kappa shape index (κ1) is 13.7. The summed E-state index contributed by atoms with van der Waals surface area (Å²) < 4.78 is 1.94. The maximum atomic E-state index is 11.1. The molecule has 1 aromatic heterocycles. The van der Waals surface area contributed by atoms with Crippen LogP contribution in [0.2, 0.25) is 0 Å². The molecule has 0 aliphatic carbocycles. The summed E-state index contributed by atoms with van der Waals surface area (Å²) in [4.78, 5) is 13.1. The fraction of sp³-hybridized carbons (Fsp3) is 0.333. The molecule has 8 nitrogen and oxygen atoms in total. The van der Waals surface area contributed by atoms with Gasteiger partial charge in [-0.1, -0.05) is 16.4 Å². The fourth-order valence-corrected chi connectivity index (χ4v) is 2.53. The van der Waals surface area contributed by atoms with Crippen molar-refractivity contribution >= 4 is 23.9 Å². The van der Waals surface area contributed by atoms with Crippen molar-refractivity contribution in [1.82, 2.24) is 25.5 Å². The largest absolute Gasteiger partial charge is 0.480 e. The van der Waals surface area contributed by atoms with E-state index in [1.807, 2.05) is 29.2 Å².